The highest BCUT2D eigenvalue weighted by Crippen LogP contribution is 2.35. The van der Waals surface area contributed by atoms with Gasteiger partial charge in [-0.25, -0.2) is 4.39 Å². The number of piperidine rings is 1. The predicted octanol–water partition coefficient (Wildman–Crippen LogP) is 4.09. The molecule has 2 nitrogen and oxygen atoms in total. The molecule has 0 aliphatic carbocycles. The fourth-order valence-corrected chi connectivity index (χ4v) is 2.92. The number of halogens is 2. The highest BCUT2D eigenvalue weighted by molar-refractivity contribution is 9.10. The summed E-state index contributed by atoms with van der Waals surface area (Å²) in [6, 6.07) is 5.36. The first kappa shape index (κ1) is 13.4. The second-order valence-electron chi connectivity index (χ2n) is 5.56. The summed E-state index contributed by atoms with van der Waals surface area (Å²) in [6.07, 6.45) is 2.24. The van der Waals surface area contributed by atoms with E-state index in [2.05, 4.69) is 34.7 Å². The summed E-state index contributed by atoms with van der Waals surface area (Å²) in [7, 11) is 0. The molecular weight excluding hydrogens is 295 g/mol. The van der Waals surface area contributed by atoms with E-state index in [-0.39, 0.29) is 15.7 Å². The first-order chi connectivity index (χ1) is 8.44. The Morgan fingerprint density at radius 3 is 2.78 bits per heavy atom. The van der Waals surface area contributed by atoms with Gasteiger partial charge in [0.1, 0.15) is 6.07 Å². The van der Waals surface area contributed by atoms with E-state index < -0.39 is 0 Å². The molecule has 4 heteroatoms. The Labute approximate surface area is 116 Å². The lowest BCUT2D eigenvalue weighted by Gasteiger charge is -2.39. The summed E-state index contributed by atoms with van der Waals surface area (Å²) in [6.45, 7) is 6.13. The Balaban J connectivity index is 2.35. The van der Waals surface area contributed by atoms with Crippen LogP contribution in [0.15, 0.2) is 16.6 Å². The molecule has 1 saturated heterocycles. The van der Waals surface area contributed by atoms with Gasteiger partial charge in [0.25, 0.3) is 0 Å². The fraction of sp³-hybridized carbons (Fsp3) is 0.500. The molecule has 0 spiro atoms. The van der Waals surface area contributed by atoms with Gasteiger partial charge >= 0.3 is 0 Å². The third-order valence-corrected chi connectivity index (χ3v) is 4.20. The monoisotopic (exact) mass is 310 g/mol. The maximum atomic E-state index is 14.2. The number of hydrogen-bond acceptors (Lipinski definition) is 2. The summed E-state index contributed by atoms with van der Waals surface area (Å²) >= 11 is 3.16. The van der Waals surface area contributed by atoms with Crippen molar-refractivity contribution in [3.05, 3.63) is 28.0 Å². The molecule has 0 atom stereocenters. The molecule has 1 aliphatic heterocycles. The quantitative estimate of drug-likeness (QED) is 0.781. The van der Waals surface area contributed by atoms with E-state index in [1.54, 1.807) is 12.1 Å². The third kappa shape index (κ3) is 2.51. The van der Waals surface area contributed by atoms with Gasteiger partial charge in [0.2, 0.25) is 0 Å². The summed E-state index contributed by atoms with van der Waals surface area (Å²) < 4.78 is 14.5. The number of nitrogens with zero attached hydrogens (tertiary/aromatic N) is 2. The van der Waals surface area contributed by atoms with E-state index >= 15 is 0 Å². The minimum atomic E-state index is -0.327. The molecule has 0 unspecified atom stereocenters. The highest BCUT2D eigenvalue weighted by atomic mass is 79.9. The van der Waals surface area contributed by atoms with Gasteiger partial charge in [-0.3, -0.25) is 0 Å². The zero-order valence-corrected chi connectivity index (χ0v) is 12.2. The van der Waals surface area contributed by atoms with Crippen molar-refractivity contribution < 1.29 is 4.39 Å². The molecule has 0 bridgehead atoms. The largest absolute Gasteiger partial charge is 0.369 e. The van der Waals surface area contributed by atoms with Crippen LogP contribution < -0.4 is 4.90 Å². The van der Waals surface area contributed by atoms with E-state index in [0.29, 0.717) is 11.3 Å². The molecule has 1 fully saturated rings. The topological polar surface area (TPSA) is 27.0 Å². The van der Waals surface area contributed by atoms with Gasteiger partial charge in [-0.1, -0.05) is 13.8 Å². The second kappa shape index (κ2) is 4.89. The SMILES string of the molecule is CC1(C)CCCN(c2ccc(C#N)c(Br)c2F)C1. The van der Waals surface area contributed by atoms with E-state index in [1.165, 1.54) is 6.42 Å². The van der Waals surface area contributed by atoms with E-state index in [1.807, 2.05) is 6.07 Å². The fourth-order valence-electron chi connectivity index (χ4n) is 2.50. The van der Waals surface area contributed by atoms with Crippen molar-refractivity contribution >= 4 is 21.6 Å². The molecule has 1 aromatic carbocycles. The van der Waals surface area contributed by atoms with Crippen LogP contribution in [0.3, 0.4) is 0 Å². The van der Waals surface area contributed by atoms with Gasteiger partial charge in [0.05, 0.1) is 15.7 Å². The maximum Gasteiger partial charge on any atom is 0.161 e. The molecule has 1 aromatic rings. The van der Waals surface area contributed by atoms with Crippen LogP contribution in [0.5, 0.6) is 0 Å². The lowest BCUT2D eigenvalue weighted by molar-refractivity contribution is 0.292. The molecular formula is C14H16BrFN2. The van der Waals surface area contributed by atoms with Crippen molar-refractivity contribution in [2.24, 2.45) is 5.41 Å². The molecule has 0 saturated carbocycles. The highest BCUT2D eigenvalue weighted by Gasteiger charge is 2.28. The van der Waals surface area contributed by atoms with Gasteiger partial charge in [-0.2, -0.15) is 5.26 Å². The van der Waals surface area contributed by atoms with E-state index in [4.69, 9.17) is 5.26 Å². The Hall–Kier alpha value is -1.08. The van der Waals surface area contributed by atoms with Gasteiger partial charge in [0.15, 0.2) is 5.82 Å². The Morgan fingerprint density at radius 1 is 1.44 bits per heavy atom. The summed E-state index contributed by atoms with van der Waals surface area (Å²) in [5.41, 5.74) is 1.14. The molecule has 1 aliphatic rings. The van der Waals surface area contributed by atoms with Gasteiger partial charge < -0.3 is 4.90 Å². The first-order valence-electron chi connectivity index (χ1n) is 6.08. The molecule has 0 N–H and O–H groups in total. The number of nitriles is 1. The molecule has 0 radical (unpaired) electrons. The summed E-state index contributed by atoms with van der Waals surface area (Å²) in [5.74, 6) is -0.327. The van der Waals surface area contributed by atoms with Crippen molar-refractivity contribution in [2.45, 2.75) is 26.7 Å². The van der Waals surface area contributed by atoms with E-state index in [0.717, 1.165) is 19.5 Å². The molecule has 1 heterocycles. The molecule has 96 valence electrons. The minimum Gasteiger partial charge on any atom is -0.369 e. The van der Waals surface area contributed by atoms with Crippen molar-refractivity contribution in [3.8, 4) is 6.07 Å². The van der Waals surface area contributed by atoms with Crippen LogP contribution in [0.1, 0.15) is 32.3 Å². The second-order valence-corrected chi connectivity index (χ2v) is 6.35. The van der Waals surface area contributed by atoms with Crippen LogP contribution in [0.25, 0.3) is 0 Å². The van der Waals surface area contributed by atoms with Crippen LogP contribution in [0, 0.1) is 22.6 Å². The van der Waals surface area contributed by atoms with Gasteiger partial charge in [0, 0.05) is 13.1 Å². The summed E-state index contributed by atoms with van der Waals surface area (Å²) in [5, 5.41) is 8.87. The van der Waals surface area contributed by atoms with Crippen LogP contribution in [0.4, 0.5) is 10.1 Å². The number of anilines is 1. The van der Waals surface area contributed by atoms with Crippen molar-refractivity contribution in [1.29, 1.82) is 5.26 Å². The smallest absolute Gasteiger partial charge is 0.161 e. The lowest BCUT2D eigenvalue weighted by Crippen LogP contribution is -2.40. The normalized spacial score (nSPS) is 18.5. The van der Waals surface area contributed by atoms with Gasteiger partial charge in [-0.05, 0) is 46.3 Å². The Bertz CT molecular complexity index is 505. The molecule has 0 aromatic heterocycles. The van der Waals surface area contributed by atoms with E-state index in [9.17, 15) is 4.39 Å². The van der Waals surface area contributed by atoms with Gasteiger partial charge in [-0.15, -0.1) is 0 Å². The Kier molecular flexibility index (Phi) is 3.63. The summed E-state index contributed by atoms with van der Waals surface area (Å²) in [4.78, 5) is 2.07. The van der Waals surface area contributed by atoms with Crippen molar-refractivity contribution in [2.75, 3.05) is 18.0 Å². The number of rotatable bonds is 1. The molecule has 18 heavy (non-hydrogen) atoms. The molecule has 2 rings (SSSR count). The predicted molar refractivity (Wildman–Crippen MR) is 74.0 cm³/mol. The maximum absolute atomic E-state index is 14.2. The number of hydrogen-bond donors (Lipinski definition) is 0. The van der Waals surface area contributed by atoms with Crippen LogP contribution in [-0.2, 0) is 0 Å². The van der Waals surface area contributed by atoms with Crippen LogP contribution in [0.2, 0.25) is 0 Å². The average molecular weight is 311 g/mol. The lowest BCUT2D eigenvalue weighted by atomic mass is 9.84. The average Bonchev–Trinajstić information content (AvgIpc) is 2.31. The van der Waals surface area contributed by atoms with Crippen LogP contribution in [-0.4, -0.2) is 13.1 Å². The Morgan fingerprint density at radius 2 is 2.17 bits per heavy atom. The zero-order valence-electron chi connectivity index (χ0n) is 10.6. The van der Waals surface area contributed by atoms with Crippen LogP contribution >= 0.6 is 15.9 Å². The minimum absolute atomic E-state index is 0.213. The standard InChI is InChI=1S/C14H16BrFN2/c1-14(2)6-3-7-18(9-14)11-5-4-10(8-17)12(15)13(11)16/h4-5H,3,6-7,9H2,1-2H3. The third-order valence-electron chi connectivity index (χ3n) is 3.42. The van der Waals surface area contributed by atoms with Crippen molar-refractivity contribution in [1.82, 2.24) is 0 Å². The first-order valence-corrected chi connectivity index (χ1v) is 6.87. The molecule has 0 amide bonds. The zero-order chi connectivity index (χ0) is 13.3. The van der Waals surface area contributed by atoms with Crippen molar-refractivity contribution in [3.63, 3.8) is 0 Å². The number of benzene rings is 1.